The average Bonchev–Trinajstić information content (AvgIpc) is 3.16. The number of imidazole rings is 1. The fourth-order valence-electron chi connectivity index (χ4n) is 2.21. The van der Waals surface area contributed by atoms with E-state index >= 15 is 0 Å². The van der Waals surface area contributed by atoms with Gasteiger partial charge >= 0.3 is 0 Å². The van der Waals surface area contributed by atoms with E-state index in [1.807, 2.05) is 21.6 Å². The van der Waals surface area contributed by atoms with Crippen LogP contribution in [0.5, 0.6) is 0 Å². The van der Waals surface area contributed by atoms with Crippen molar-refractivity contribution in [2.24, 2.45) is 0 Å². The number of nitrogens with zero attached hydrogens (tertiary/aromatic N) is 4. The van der Waals surface area contributed by atoms with E-state index < -0.39 is 0 Å². The van der Waals surface area contributed by atoms with Gasteiger partial charge in [0, 0.05) is 37.4 Å². The van der Waals surface area contributed by atoms with Crippen LogP contribution < -0.4 is 5.32 Å². The molecule has 5 heteroatoms. The fourth-order valence-corrected chi connectivity index (χ4v) is 2.21. The van der Waals surface area contributed by atoms with E-state index in [1.54, 1.807) is 12.5 Å². The van der Waals surface area contributed by atoms with E-state index in [0.717, 1.165) is 25.3 Å². The summed E-state index contributed by atoms with van der Waals surface area (Å²) in [6, 6.07) is 8.49. The second kappa shape index (κ2) is 6.37. The monoisotopic (exact) mass is 281 g/mol. The van der Waals surface area contributed by atoms with Gasteiger partial charge in [-0.3, -0.25) is 4.68 Å². The van der Waals surface area contributed by atoms with Crippen LogP contribution in [0.1, 0.15) is 11.1 Å². The zero-order chi connectivity index (χ0) is 14.5. The van der Waals surface area contributed by atoms with Crippen LogP contribution in [0, 0.1) is 6.92 Å². The van der Waals surface area contributed by atoms with Gasteiger partial charge < -0.3 is 9.88 Å². The normalized spacial score (nSPS) is 10.9. The molecule has 0 amide bonds. The maximum atomic E-state index is 4.27. The summed E-state index contributed by atoms with van der Waals surface area (Å²) in [5, 5.41) is 7.70. The van der Waals surface area contributed by atoms with Crippen LogP contribution >= 0.6 is 0 Å². The standard InChI is InChI=1S/C16H19N5/c1-14-10-19-21(12-14)9-7-17-11-15-2-4-16(5-3-15)20-8-6-18-13-20/h2-6,8,10,12-13,17H,7,9,11H2,1H3. The Balaban J connectivity index is 1.47. The van der Waals surface area contributed by atoms with Crippen molar-refractivity contribution in [2.75, 3.05) is 6.54 Å². The van der Waals surface area contributed by atoms with Gasteiger partial charge in [-0.05, 0) is 30.2 Å². The van der Waals surface area contributed by atoms with Crippen molar-refractivity contribution in [3.05, 3.63) is 66.5 Å². The molecule has 0 aliphatic heterocycles. The molecule has 108 valence electrons. The Kier molecular flexibility index (Phi) is 4.12. The maximum absolute atomic E-state index is 4.27. The van der Waals surface area contributed by atoms with Gasteiger partial charge in [0.1, 0.15) is 0 Å². The number of rotatable bonds is 6. The summed E-state index contributed by atoms with van der Waals surface area (Å²) in [4.78, 5) is 4.05. The fraction of sp³-hybridized carbons (Fsp3) is 0.250. The van der Waals surface area contributed by atoms with E-state index in [9.17, 15) is 0 Å². The molecule has 2 heterocycles. The van der Waals surface area contributed by atoms with Crippen molar-refractivity contribution in [1.82, 2.24) is 24.6 Å². The van der Waals surface area contributed by atoms with Crippen LogP contribution in [0.3, 0.4) is 0 Å². The summed E-state index contributed by atoms with van der Waals surface area (Å²) < 4.78 is 3.96. The van der Waals surface area contributed by atoms with E-state index in [4.69, 9.17) is 0 Å². The van der Waals surface area contributed by atoms with Crippen LogP contribution in [0.25, 0.3) is 5.69 Å². The van der Waals surface area contributed by atoms with Gasteiger partial charge in [0.2, 0.25) is 0 Å². The van der Waals surface area contributed by atoms with Crippen molar-refractivity contribution in [3.63, 3.8) is 0 Å². The van der Waals surface area contributed by atoms with Gasteiger partial charge in [0.05, 0.1) is 19.1 Å². The quantitative estimate of drug-likeness (QED) is 0.704. The molecule has 2 aromatic heterocycles. The second-order valence-corrected chi connectivity index (χ2v) is 5.09. The highest BCUT2D eigenvalue weighted by Gasteiger charge is 1.97. The minimum atomic E-state index is 0.866. The van der Waals surface area contributed by atoms with Crippen molar-refractivity contribution in [1.29, 1.82) is 0 Å². The lowest BCUT2D eigenvalue weighted by atomic mass is 10.2. The predicted octanol–water partition coefficient (Wildman–Crippen LogP) is 2.17. The number of benzene rings is 1. The molecule has 0 bridgehead atoms. The van der Waals surface area contributed by atoms with Crippen molar-refractivity contribution >= 4 is 0 Å². The highest BCUT2D eigenvalue weighted by Crippen LogP contribution is 2.09. The van der Waals surface area contributed by atoms with Gasteiger partial charge in [-0.15, -0.1) is 0 Å². The molecule has 1 aromatic carbocycles. The lowest BCUT2D eigenvalue weighted by Gasteiger charge is -2.07. The summed E-state index contributed by atoms with van der Waals surface area (Å²) in [5.41, 5.74) is 3.60. The molecule has 0 aliphatic carbocycles. The zero-order valence-corrected chi connectivity index (χ0v) is 12.1. The van der Waals surface area contributed by atoms with E-state index in [1.165, 1.54) is 11.1 Å². The summed E-state index contributed by atoms with van der Waals surface area (Å²) in [6.45, 7) is 4.72. The third-order valence-corrected chi connectivity index (χ3v) is 3.35. The van der Waals surface area contributed by atoms with E-state index in [0.29, 0.717) is 0 Å². The Labute approximate surface area is 124 Å². The van der Waals surface area contributed by atoms with Crippen LogP contribution in [0.4, 0.5) is 0 Å². The lowest BCUT2D eigenvalue weighted by Crippen LogP contribution is -2.19. The Hall–Kier alpha value is -2.40. The molecule has 0 fully saturated rings. The average molecular weight is 281 g/mol. The molecule has 0 saturated carbocycles. The van der Waals surface area contributed by atoms with Gasteiger partial charge in [-0.25, -0.2) is 4.98 Å². The SMILES string of the molecule is Cc1cnn(CCNCc2ccc(-n3ccnc3)cc2)c1. The zero-order valence-electron chi connectivity index (χ0n) is 12.1. The summed E-state index contributed by atoms with van der Waals surface area (Å²) >= 11 is 0. The molecule has 0 unspecified atom stereocenters. The van der Waals surface area contributed by atoms with Crippen molar-refractivity contribution in [2.45, 2.75) is 20.0 Å². The number of aromatic nitrogens is 4. The van der Waals surface area contributed by atoms with Crippen molar-refractivity contribution < 1.29 is 0 Å². The molecule has 3 aromatic rings. The molecular formula is C16H19N5. The molecule has 0 aliphatic rings. The molecule has 1 N–H and O–H groups in total. The molecule has 0 saturated heterocycles. The minimum absolute atomic E-state index is 0.866. The second-order valence-electron chi connectivity index (χ2n) is 5.09. The number of hydrogen-bond donors (Lipinski definition) is 1. The molecule has 0 spiro atoms. The molecule has 5 nitrogen and oxygen atoms in total. The maximum Gasteiger partial charge on any atom is 0.0991 e. The van der Waals surface area contributed by atoms with Crippen LogP contribution in [-0.2, 0) is 13.1 Å². The third kappa shape index (κ3) is 3.58. The van der Waals surface area contributed by atoms with E-state index in [2.05, 4.69) is 52.8 Å². The Morgan fingerprint density at radius 3 is 2.71 bits per heavy atom. The van der Waals surface area contributed by atoms with Gasteiger partial charge in [-0.1, -0.05) is 12.1 Å². The first kappa shape index (κ1) is 13.6. The molecule has 0 radical (unpaired) electrons. The molecular weight excluding hydrogens is 262 g/mol. The molecule has 3 rings (SSSR count). The Bertz CT molecular complexity index is 667. The predicted molar refractivity (Wildman–Crippen MR) is 82.2 cm³/mol. The van der Waals surface area contributed by atoms with Gasteiger partial charge in [0.15, 0.2) is 0 Å². The third-order valence-electron chi connectivity index (χ3n) is 3.35. The Morgan fingerprint density at radius 1 is 1.19 bits per heavy atom. The summed E-state index contributed by atoms with van der Waals surface area (Å²) in [6.07, 6.45) is 9.47. The summed E-state index contributed by atoms with van der Waals surface area (Å²) in [5.74, 6) is 0. The van der Waals surface area contributed by atoms with Crippen LogP contribution in [-0.4, -0.2) is 25.9 Å². The minimum Gasteiger partial charge on any atom is -0.311 e. The first-order valence-electron chi connectivity index (χ1n) is 7.08. The highest BCUT2D eigenvalue weighted by molar-refractivity contribution is 5.34. The first-order chi connectivity index (χ1) is 10.3. The lowest BCUT2D eigenvalue weighted by molar-refractivity contribution is 0.554. The first-order valence-corrected chi connectivity index (χ1v) is 7.08. The largest absolute Gasteiger partial charge is 0.311 e. The molecule has 21 heavy (non-hydrogen) atoms. The summed E-state index contributed by atoms with van der Waals surface area (Å²) in [7, 11) is 0. The smallest absolute Gasteiger partial charge is 0.0991 e. The number of nitrogens with one attached hydrogen (secondary N) is 1. The van der Waals surface area contributed by atoms with Crippen LogP contribution in [0.15, 0.2) is 55.4 Å². The van der Waals surface area contributed by atoms with Gasteiger partial charge in [-0.2, -0.15) is 5.10 Å². The van der Waals surface area contributed by atoms with Gasteiger partial charge in [0.25, 0.3) is 0 Å². The van der Waals surface area contributed by atoms with E-state index in [-0.39, 0.29) is 0 Å². The molecule has 0 atom stereocenters. The number of hydrogen-bond acceptors (Lipinski definition) is 3. The number of aryl methyl sites for hydroxylation is 1. The Morgan fingerprint density at radius 2 is 2.05 bits per heavy atom. The topological polar surface area (TPSA) is 47.7 Å². The van der Waals surface area contributed by atoms with Crippen LogP contribution in [0.2, 0.25) is 0 Å². The van der Waals surface area contributed by atoms with Crippen molar-refractivity contribution in [3.8, 4) is 5.69 Å². The highest BCUT2D eigenvalue weighted by atomic mass is 15.3.